The molecule has 0 saturated heterocycles. The highest BCUT2D eigenvalue weighted by molar-refractivity contribution is 14.1. The van der Waals surface area contributed by atoms with E-state index in [0.29, 0.717) is 40.3 Å². The first-order chi connectivity index (χ1) is 16.0. The number of ether oxygens (including phenoxy) is 1. The predicted molar refractivity (Wildman–Crippen MR) is 139 cm³/mol. The van der Waals surface area contributed by atoms with Crippen molar-refractivity contribution in [3.05, 3.63) is 92.0 Å². The van der Waals surface area contributed by atoms with Gasteiger partial charge in [-0.05, 0) is 72.0 Å². The molecule has 1 amide bonds. The summed E-state index contributed by atoms with van der Waals surface area (Å²) in [7, 11) is 1.58. The number of halogens is 1. The SMILES string of the molecule is CCN1C(=O)/C(=C/c2nc3ccc(I)cc3c(=O)n2-c2cccc(OC)c2)c2ccccc21. The molecule has 0 aliphatic carbocycles. The molecule has 0 unspecified atom stereocenters. The Kier molecular flexibility index (Phi) is 5.49. The van der Waals surface area contributed by atoms with Crippen LogP contribution in [0.2, 0.25) is 0 Å². The monoisotopic (exact) mass is 549 g/mol. The zero-order valence-corrected chi connectivity index (χ0v) is 20.2. The Morgan fingerprint density at radius 2 is 1.85 bits per heavy atom. The summed E-state index contributed by atoms with van der Waals surface area (Å²) in [6.07, 6.45) is 1.72. The first kappa shape index (κ1) is 21.4. The number of aromatic nitrogens is 2. The third kappa shape index (κ3) is 3.62. The van der Waals surface area contributed by atoms with E-state index in [1.165, 1.54) is 0 Å². The summed E-state index contributed by atoms with van der Waals surface area (Å²) in [6, 6.07) is 20.5. The van der Waals surface area contributed by atoms with E-state index in [0.717, 1.165) is 14.8 Å². The summed E-state index contributed by atoms with van der Waals surface area (Å²) >= 11 is 2.18. The standard InChI is InChI=1S/C26H20IN3O3/c1-3-29-23-10-5-4-9-19(23)20(25(29)31)15-24-28-22-12-11-16(27)13-21(22)26(32)30(24)17-7-6-8-18(14-17)33-2/h4-15H,3H2,1-2H3/b20-15+. The lowest BCUT2D eigenvalue weighted by molar-refractivity contribution is -0.112. The molecule has 5 rings (SSSR count). The Hall–Kier alpha value is -3.46. The maximum Gasteiger partial charge on any atom is 0.266 e. The number of hydrogen-bond acceptors (Lipinski definition) is 4. The molecule has 0 atom stereocenters. The van der Waals surface area contributed by atoms with E-state index in [9.17, 15) is 9.59 Å². The number of para-hydroxylation sites is 1. The molecule has 4 aromatic rings. The lowest BCUT2D eigenvalue weighted by Gasteiger charge is -2.14. The van der Waals surface area contributed by atoms with Gasteiger partial charge >= 0.3 is 0 Å². The molecular formula is C26H20IN3O3. The number of nitrogens with zero attached hydrogens (tertiary/aromatic N) is 3. The second-order valence-electron chi connectivity index (χ2n) is 7.60. The third-order valence-electron chi connectivity index (χ3n) is 5.72. The molecule has 7 heteroatoms. The Morgan fingerprint density at radius 1 is 1.03 bits per heavy atom. The number of carbonyl (C=O) groups excluding carboxylic acids is 1. The fourth-order valence-electron chi connectivity index (χ4n) is 4.16. The summed E-state index contributed by atoms with van der Waals surface area (Å²) in [6.45, 7) is 2.50. The van der Waals surface area contributed by atoms with Crippen LogP contribution in [0.25, 0.3) is 28.2 Å². The van der Waals surface area contributed by atoms with Crippen molar-refractivity contribution in [2.75, 3.05) is 18.6 Å². The smallest absolute Gasteiger partial charge is 0.266 e. The normalized spacial score (nSPS) is 14.2. The summed E-state index contributed by atoms with van der Waals surface area (Å²) in [5.74, 6) is 0.908. The highest BCUT2D eigenvalue weighted by atomic mass is 127. The van der Waals surface area contributed by atoms with Crippen LogP contribution in [0.5, 0.6) is 5.75 Å². The molecule has 2 heterocycles. The summed E-state index contributed by atoms with van der Waals surface area (Å²) in [4.78, 5) is 33.5. The molecule has 164 valence electrons. The number of amides is 1. The van der Waals surface area contributed by atoms with E-state index in [1.807, 2.05) is 67.6 Å². The van der Waals surface area contributed by atoms with Crippen molar-refractivity contribution < 1.29 is 9.53 Å². The molecule has 0 spiro atoms. The van der Waals surface area contributed by atoms with Crippen LogP contribution in [0, 0.1) is 3.57 Å². The largest absolute Gasteiger partial charge is 0.497 e. The molecular weight excluding hydrogens is 529 g/mol. The summed E-state index contributed by atoms with van der Waals surface area (Å²) in [5.41, 5.74) is 3.20. The van der Waals surface area contributed by atoms with Gasteiger partial charge in [0.05, 0.1) is 35.0 Å². The van der Waals surface area contributed by atoms with Crippen molar-refractivity contribution in [1.29, 1.82) is 0 Å². The van der Waals surface area contributed by atoms with Crippen LogP contribution in [0.3, 0.4) is 0 Å². The number of hydrogen-bond donors (Lipinski definition) is 0. The Bertz CT molecular complexity index is 1510. The van der Waals surface area contributed by atoms with Crippen LogP contribution in [0.15, 0.2) is 71.5 Å². The van der Waals surface area contributed by atoms with Crippen LogP contribution in [0.1, 0.15) is 18.3 Å². The van der Waals surface area contributed by atoms with E-state index in [1.54, 1.807) is 28.7 Å². The summed E-state index contributed by atoms with van der Waals surface area (Å²) < 4.78 is 7.86. The first-order valence-corrected chi connectivity index (χ1v) is 11.6. The average Bonchev–Trinajstić information content (AvgIpc) is 3.10. The van der Waals surface area contributed by atoms with E-state index in [4.69, 9.17) is 9.72 Å². The quantitative estimate of drug-likeness (QED) is 0.268. The van der Waals surface area contributed by atoms with Gasteiger partial charge in [-0.1, -0.05) is 24.3 Å². The fourth-order valence-corrected chi connectivity index (χ4v) is 4.65. The Morgan fingerprint density at radius 3 is 2.64 bits per heavy atom. The van der Waals surface area contributed by atoms with Crippen molar-refractivity contribution in [3.63, 3.8) is 0 Å². The number of carbonyl (C=O) groups is 1. The fraction of sp³-hybridized carbons (Fsp3) is 0.115. The average molecular weight is 549 g/mol. The minimum Gasteiger partial charge on any atom is -0.497 e. The number of benzene rings is 3. The van der Waals surface area contributed by atoms with Crippen molar-refractivity contribution >= 4 is 56.7 Å². The second-order valence-corrected chi connectivity index (χ2v) is 8.84. The molecule has 6 nitrogen and oxygen atoms in total. The van der Waals surface area contributed by atoms with Crippen LogP contribution in [0.4, 0.5) is 5.69 Å². The molecule has 33 heavy (non-hydrogen) atoms. The van der Waals surface area contributed by atoms with Crippen molar-refractivity contribution in [2.45, 2.75) is 6.92 Å². The zero-order valence-electron chi connectivity index (χ0n) is 18.1. The first-order valence-electron chi connectivity index (χ1n) is 10.5. The lowest BCUT2D eigenvalue weighted by atomic mass is 10.1. The van der Waals surface area contributed by atoms with E-state index < -0.39 is 0 Å². The highest BCUT2D eigenvalue weighted by Crippen LogP contribution is 2.37. The van der Waals surface area contributed by atoms with Crippen molar-refractivity contribution in [3.8, 4) is 11.4 Å². The van der Waals surface area contributed by atoms with Crippen LogP contribution in [-0.4, -0.2) is 29.1 Å². The maximum atomic E-state index is 13.7. The number of rotatable bonds is 4. The van der Waals surface area contributed by atoms with Crippen LogP contribution >= 0.6 is 22.6 Å². The topological polar surface area (TPSA) is 64.4 Å². The molecule has 1 aliphatic rings. The van der Waals surface area contributed by atoms with Gasteiger partial charge in [-0.15, -0.1) is 0 Å². The molecule has 0 N–H and O–H groups in total. The van der Waals surface area contributed by atoms with Gasteiger partial charge in [-0.2, -0.15) is 0 Å². The lowest BCUT2D eigenvalue weighted by Crippen LogP contribution is -2.26. The van der Waals surface area contributed by atoms with E-state index in [-0.39, 0.29) is 11.5 Å². The molecule has 0 fully saturated rings. The van der Waals surface area contributed by atoms with Gasteiger partial charge in [0, 0.05) is 21.7 Å². The van der Waals surface area contributed by atoms with Gasteiger partial charge in [0.1, 0.15) is 11.6 Å². The molecule has 0 radical (unpaired) electrons. The number of fused-ring (bicyclic) bond motifs is 2. The molecule has 0 bridgehead atoms. The zero-order chi connectivity index (χ0) is 23.1. The molecule has 0 saturated carbocycles. The van der Waals surface area contributed by atoms with Gasteiger partial charge in [0.2, 0.25) is 0 Å². The number of methoxy groups -OCH3 is 1. The van der Waals surface area contributed by atoms with Crippen molar-refractivity contribution in [2.24, 2.45) is 0 Å². The molecule has 3 aromatic carbocycles. The molecule has 1 aromatic heterocycles. The molecule has 1 aliphatic heterocycles. The second kappa shape index (κ2) is 8.47. The van der Waals surface area contributed by atoms with Crippen LogP contribution in [-0.2, 0) is 4.79 Å². The Labute approximate surface area is 204 Å². The third-order valence-corrected chi connectivity index (χ3v) is 6.39. The number of likely N-dealkylation sites (N-methyl/N-ethyl adjacent to an activating group) is 1. The Balaban J connectivity index is 1.82. The van der Waals surface area contributed by atoms with Gasteiger partial charge < -0.3 is 9.64 Å². The van der Waals surface area contributed by atoms with Crippen LogP contribution < -0.4 is 15.2 Å². The van der Waals surface area contributed by atoms with Gasteiger partial charge in [-0.3, -0.25) is 14.2 Å². The van der Waals surface area contributed by atoms with Crippen molar-refractivity contribution in [1.82, 2.24) is 9.55 Å². The van der Waals surface area contributed by atoms with Gasteiger partial charge in [-0.25, -0.2) is 4.98 Å². The van der Waals surface area contributed by atoms with Gasteiger partial charge in [0.15, 0.2) is 0 Å². The van der Waals surface area contributed by atoms with Gasteiger partial charge in [0.25, 0.3) is 11.5 Å². The minimum atomic E-state index is -0.204. The predicted octanol–water partition coefficient (Wildman–Crippen LogP) is 4.91. The van der Waals surface area contributed by atoms with E-state index >= 15 is 0 Å². The number of anilines is 1. The summed E-state index contributed by atoms with van der Waals surface area (Å²) in [5, 5.41) is 0.514. The minimum absolute atomic E-state index is 0.104. The highest BCUT2D eigenvalue weighted by Gasteiger charge is 2.31. The van der Waals surface area contributed by atoms with E-state index in [2.05, 4.69) is 22.6 Å². The maximum absolute atomic E-state index is 13.7.